The van der Waals surface area contributed by atoms with E-state index in [2.05, 4.69) is 10.1 Å². The Morgan fingerprint density at radius 2 is 2.15 bits per heavy atom. The molecule has 2 heterocycles. The van der Waals surface area contributed by atoms with Gasteiger partial charge in [-0.15, -0.1) is 0 Å². The fraction of sp³-hybridized carbons (Fsp3) is 0.308. The number of aliphatic hydroxyl groups excluding tert-OH is 1. The summed E-state index contributed by atoms with van der Waals surface area (Å²) in [5.41, 5.74) is 1.51. The smallest absolute Gasteiger partial charge is 0.414 e. The largest absolute Gasteiger partial charge is 0.441 e. The first-order valence-corrected chi connectivity index (χ1v) is 6.17. The molecule has 1 atom stereocenters. The maximum absolute atomic E-state index is 11.7. The van der Waals surface area contributed by atoms with Gasteiger partial charge in [0.15, 0.2) is 0 Å². The predicted molar refractivity (Wildman–Crippen MR) is 69.2 cm³/mol. The van der Waals surface area contributed by atoms with E-state index in [1.165, 1.54) is 4.90 Å². The van der Waals surface area contributed by atoms with Crippen molar-refractivity contribution < 1.29 is 19.2 Å². The number of cyclic esters (lactones) is 1. The summed E-state index contributed by atoms with van der Waals surface area (Å²) >= 11 is 0. The molecule has 104 valence electrons. The summed E-state index contributed by atoms with van der Waals surface area (Å²) in [5.74, 6) is 1.00. The van der Waals surface area contributed by atoms with Crippen LogP contribution in [-0.2, 0) is 4.74 Å². The number of hydrogen-bond acceptors (Lipinski definition) is 6. The van der Waals surface area contributed by atoms with Crippen LogP contribution >= 0.6 is 0 Å². The first-order chi connectivity index (χ1) is 9.67. The van der Waals surface area contributed by atoms with Crippen LogP contribution in [0.1, 0.15) is 5.89 Å². The topological polar surface area (TPSA) is 88.7 Å². The summed E-state index contributed by atoms with van der Waals surface area (Å²) in [5, 5.41) is 12.8. The van der Waals surface area contributed by atoms with Crippen molar-refractivity contribution in [3.63, 3.8) is 0 Å². The lowest BCUT2D eigenvalue weighted by molar-refractivity contribution is 0.0963. The molecule has 7 nitrogen and oxygen atoms in total. The molecule has 1 fully saturated rings. The van der Waals surface area contributed by atoms with Gasteiger partial charge in [-0.2, -0.15) is 4.98 Å². The van der Waals surface area contributed by atoms with Crippen LogP contribution in [-0.4, -0.2) is 40.6 Å². The minimum atomic E-state index is -0.470. The first kappa shape index (κ1) is 12.6. The van der Waals surface area contributed by atoms with E-state index in [1.54, 1.807) is 31.2 Å². The second-order valence-electron chi connectivity index (χ2n) is 4.48. The fourth-order valence-electron chi connectivity index (χ4n) is 2.03. The number of ether oxygens (including phenoxy) is 1. The number of aromatic nitrogens is 2. The number of amides is 1. The SMILES string of the molecule is Cc1nc(-c2ccc(N3CC(CO)OC3=O)cc2)no1. The van der Waals surface area contributed by atoms with E-state index in [0.717, 1.165) is 5.56 Å². The number of rotatable bonds is 3. The summed E-state index contributed by atoms with van der Waals surface area (Å²) < 4.78 is 9.91. The van der Waals surface area contributed by atoms with Crippen LogP contribution in [0.3, 0.4) is 0 Å². The number of carbonyl (C=O) groups excluding carboxylic acids is 1. The van der Waals surface area contributed by atoms with Crippen molar-refractivity contribution in [3.8, 4) is 11.4 Å². The van der Waals surface area contributed by atoms with Gasteiger partial charge in [-0.3, -0.25) is 4.90 Å². The molecule has 0 radical (unpaired) electrons. The average molecular weight is 275 g/mol. The Bertz CT molecular complexity index is 623. The Morgan fingerprint density at radius 1 is 1.40 bits per heavy atom. The molecule has 1 unspecified atom stereocenters. The lowest BCUT2D eigenvalue weighted by Gasteiger charge is -2.12. The average Bonchev–Trinajstić information content (AvgIpc) is 3.05. The zero-order valence-corrected chi connectivity index (χ0v) is 10.8. The number of hydrogen-bond donors (Lipinski definition) is 1. The number of carbonyl (C=O) groups is 1. The van der Waals surface area contributed by atoms with E-state index in [-0.39, 0.29) is 6.61 Å². The Hall–Kier alpha value is -2.41. The molecule has 0 bridgehead atoms. The summed E-state index contributed by atoms with van der Waals surface area (Å²) in [6.45, 7) is 1.89. The first-order valence-electron chi connectivity index (χ1n) is 6.17. The molecule has 1 aromatic heterocycles. The number of benzene rings is 1. The van der Waals surface area contributed by atoms with Crippen LogP contribution in [0.15, 0.2) is 28.8 Å². The third-order valence-electron chi connectivity index (χ3n) is 3.04. The second-order valence-corrected chi connectivity index (χ2v) is 4.48. The van der Waals surface area contributed by atoms with Crippen molar-refractivity contribution in [2.24, 2.45) is 0 Å². The van der Waals surface area contributed by atoms with Crippen molar-refractivity contribution >= 4 is 11.8 Å². The highest BCUT2D eigenvalue weighted by atomic mass is 16.6. The normalized spacial score (nSPS) is 18.4. The Kier molecular flexibility index (Phi) is 3.11. The van der Waals surface area contributed by atoms with E-state index in [4.69, 9.17) is 14.4 Å². The van der Waals surface area contributed by atoms with Crippen LogP contribution in [0.25, 0.3) is 11.4 Å². The second kappa shape index (κ2) is 4.93. The lowest BCUT2D eigenvalue weighted by atomic mass is 10.2. The van der Waals surface area contributed by atoms with E-state index in [0.29, 0.717) is 23.9 Å². The Labute approximate surface area is 114 Å². The number of aliphatic hydroxyl groups is 1. The zero-order valence-electron chi connectivity index (χ0n) is 10.8. The van der Waals surface area contributed by atoms with Gasteiger partial charge in [-0.1, -0.05) is 5.16 Å². The van der Waals surface area contributed by atoms with Gasteiger partial charge in [0.2, 0.25) is 11.7 Å². The Balaban J connectivity index is 1.81. The van der Waals surface area contributed by atoms with Crippen LogP contribution in [0.5, 0.6) is 0 Å². The number of nitrogens with zero attached hydrogens (tertiary/aromatic N) is 3. The van der Waals surface area contributed by atoms with Gasteiger partial charge in [0.05, 0.1) is 13.2 Å². The van der Waals surface area contributed by atoms with Crippen molar-refractivity contribution in [1.82, 2.24) is 10.1 Å². The molecule has 20 heavy (non-hydrogen) atoms. The predicted octanol–water partition coefficient (Wildman–Crippen LogP) is 1.36. The molecule has 1 amide bonds. The minimum Gasteiger partial charge on any atom is -0.441 e. The quantitative estimate of drug-likeness (QED) is 0.909. The van der Waals surface area contributed by atoms with E-state index < -0.39 is 12.2 Å². The molecule has 1 aromatic carbocycles. The van der Waals surface area contributed by atoms with E-state index >= 15 is 0 Å². The van der Waals surface area contributed by atoms with E-state index in [1.807, 2.05) is 0 Å². The molecule has 0 saturated carbocycles. The molecule has 2 aromatic rings. The molecule has 1 aliphatic rings. The summed E-state index contributed by atoms with van der Waals surface area (Å²) in [4.78, 5) is 17.3. The van der Waals surface area contributed by atoms with E-state index in [9.17, 15) is 4.79 Å². The van der Waals surface area contributed by atoms with Crippen LogP contribution in [0.2, 0.25) is 0 Å². The molecule has 1 aliphatic heterocycles. The van der Waals surface area contributed by atoms with Crippen molar-refractivity contribution in [1.29, 1.82) is 0 Å². The highest BCUT2D eigenvalue weighted by Crippen LogP contribution is 2.24. The van der Waals surface area contributed by atoms with Gasteiger partial charge < -0.3 is 14.4 Å². The number of anilines is 1. The van der Waals surface area contributed by atoms with Crippen molar-refractivity contribution in [2.45, 2.75) is 13.0 Å². The van der Waals surface area contributed by atoms with Crippen LogP contribution in [0.4, 0.5) is 10.5 Å². The number of aryl methyl sites for hydroxylation is 1. The van der Waals surface area contributed by atoms with Crippen molar-refractivity contribution in [2.75, 3.05) is 18.1 Å². The van der Waals surface area contributed by atoms with Gasteiger partial charge in [-0.05, 0) is 24.3 Å². The standard InChI is InChI=1S/C13H13N3O4/c1-8-14-12(15-20-8)9-2-4-10(5-3-9)16-6-11(7-17)19-13(16)18/h2-5,11,17H,6-7H2,1H3. The van der Waals surface area contributed by atoms with Gasteiger partial charge in [0.25, 0.3) is 0 Å². The molecule has 0 spiro atoms. The minimum absolute atomic E-state index is 0.178. The van der Waals surface area contributed by atoms with Gasteiger partial charge >= 0.3 is 6.09 Å². The molecule has 1 saturated heterocycles. The zero-order chi connectivity index (χ0) is 14.1. The molecule has 7 heteroatoms. The summed E-state index contributed by atoms with van der Waals surface area (Å²) in [6, 6.07) is 7.17. The highest BCUT2D eigenvalue weighted by molar-refractivity contribution is 5.90. The lowest BCUT2D eigenvalue weighted by Crippen LogP contribution is -2.25. The van der Waals surface area contributed by atoms with Crippen LogP contribution < -0.4 is 4.90 Å². The van der Waals surface area contributed by atoms with Crippen LogP contribution in [0, 0.1) is 6.92 Å². The molecule has 0 aliphatic carbocycles. The van der Waals surface area contributed by atoms with Gasteiger partial charge in [0, 0.05) is 18.2 Å². The Morgan fingerprint density at radius 3 is 2.70 bits per heavy atom. The summed E-state index contributed by atoms with van der Waals surface area (Å²) in [7, 11) is 0. The third-order valence-corrected chi connectivity index (χ3v) is 3.04. The maximum Gasteiger partial charge on any atom is 0.414 e. The molecule has 1 N–H and O–H groups in total. The van der Waals surface area contributed by atoms with Gasteiger partial charge in [-0.25, -0.2) is 4.79 Å². The molecule has 3 rings (SSSR count). The molecular weight excluding hydrogens is 262 g/mol. The summed E-state index contributed by atoms with van der Waals surface area (Å²) in [6.07, 6.45) is -0.922. The van der Waals surface area contributed by atoms with Gasteiger partial charge in [0.1, 0.15) is 6.10 Å². The maximum atomic E-state index is 11.7. The highest BCUT2D eigenvalue weighted by Gasteiger charge is 2.31. The third kappa shape index (κ3) is 2.23. The fourth-order valence-corrected chi connectivity index (χ4v) is 2.03. The molecular formula is C13H13N3O4. The van der Waals surface area contributed by atoms with Crippen molar-refractivity contribution in [3.05, 3.63) is 30.2 Å². The monoisotopic (exact) mass is 275 g/mol.